The Morgan fingerprint density at radius 3 is 2.30 bits per heavy atom. The predicted molar refractivity (Wildman–Crippen MR) is 93.3 cm³/mol. The fourth-order valence-electron chi connectivity index (χ4n) is 2.46. The predicted octanol–water partition coefficient (Wildman–Crippen LogP) is 4.89. The fraction of sp³-hybridized carbons (Fsp3) is 0.350. The van der Waals surface area contributed by atoms with Gasteiger partial charge in [-0.2, -0.15) is 0 Å². The van der Waals surface area contributed by atoms with Crippen molar-refractivity contribution in [3.8, 4) is 0 Å². The van der Waals surface area contributed by atoms with Gasteiger partial charge < -0.3 is 10.1 Å². The highest BCUT2D eigenvalue weighted by atomic mass is 16.6. The summed E-state index contributed by atoms with van der Waals surface area (Å²) in [5.74, 6) is 0. The van der Waals surface area contributed by atoms with Crippen LogP contribution in [0.25, 0.3) is 0 Å². The van der Waals surface area contributed by atoms with Gasteiger partial charge in [-0.05, 0) is 17.5 Å². The van der Waals surface area contributed by atoms with Crippen LogP contribution in [-0.2, 0) is 11.2 Å². The first-order chi connectivity index (χ1) is 11.3. The second-order valence-corrected chi connectivity index (χ2v) is 5.63. The number of hydrogen-bond acceptors (Lipinski definition) is 2. The van der Waals surface area contributed by atoms with Crippen molar-refractivity contribution >= 4 is 6.09 Å². The molecular formula is C20H25NO2. The number of carbonyl (C=O) groups is 1. The first-order valence-electron chi connectivity index (χ1n) is 8.33. The molecule has 23 heavy (non-hydrogen) atoms. The normalized spacial score (nSPS) is 11.7. The summed E-state index contributed by atoms with van der Waals surface area (Å²) >= 11 is 0. The zero-order valence-electron chi connectivity index (χ0n) is 13.7. The number of carbonyl (C=O) groups excluding carboxylic acids is 1. The zero-order valence-corrected chi connectivity index (χ0v) is 13.7. The van der Waals surface area contributed by atoms with E-state index in [-0.39, 0.29) is 12.2 Å². The maximum atomic E-state index is 12.0. The number of amides is 1. The number of alkyl carbamates (subject to hydrolysis) is 1. The lowest BCUT2D eigenvalue weighted by Crippen LogP contribution is -2.27. The van der Waals surface area contributed by atoms with E-state index >= 15 is 0 Å². The van der Waals surface area contributed by atoms with Crippen LogP contribution in [-0.4, -0.2) is 12.6 Å². The van der Waals surface area contributed by atoms with Crippen LogP contribution in [0.3, 0.4) is 0 Å². The fourth-order valence-corrected chi connectivity index (χ4v) is 2.46. The van der Waals surface area contributed by atoms with E-state index in [1.807, 2.05) is 48.5 Å². The van der Waals surface area contributed by atoms with Gasteiger partial charge in [0.1, 0.15) is 6.10 Å². The van der Waals surface area contributed by atoms with Crippen LogP contribution in [0.1, 0.15) is 43.4 Å². The number of rotatable bonds is 8. The Hall–Kier alpha value is -2.29. The summed E-state index contributed by atoms with van der Waals surface area (Å²) in [6.07, 6.45) is 3.30. The molecule has 0 saturated carbocycles. The minimum atomic E-state index is -0.342. The molecule has 0 aliphatic heterocycles. The van der Waals surface area contributed by atoms with Crippen molar-refractivity contribution < 1.29 is 9.53 Å². The van der Waals surface area contributed by atoms with Gasteiger partial charge in [0.2, 0.25) is 0 Å². The molecule has 1 atom stereocenters. The lowest BCUT2D eigenvalue weighted by atomic mass is 10.0. The van der Waals surface area contributed by atoms with E-state index in [9.17, 15) is 4.79 Å². The second kappa shape index (κ2) is 9.67. The van der Waals surface area contributed by atoms with E-state index < -0.39 is 0 Å². The van der Waals surface area contributed by atoms with Gasteiger partial charge in [-0.25, -0.2) is 4.79 Å². The van der Waals surface area contributed by atoms with Crippen molar-refractivity contribution in [1.82, 2.24) is 5.32 Å². The zero-order chi connectivity index (χ0) is 16.3. The topological polar surface area (TPSA) is 38.3 Å². The standard InChI is InChI=1S/C20H25NO2/c1-2-3-10-15-21-20(22)23-19(18-13-8-5-9-14-18)16-17-11-6-4-7-12-17/h4-9,11-14,19H,2-3,10,15-16H2,1H3,(H,21,22). The van der Waals surface area contributed by atoms with Crippen molar-refractivity contribution in [2.75, 3.05) is 6.54 Å². The molecule has 2 rings (SSSR count). The van der Waals surface area contributed by atoms with Crippen LogP contribution in [0.2, 0.25) is 0 Å². The molecule has 1 unspecified atom stereocenters. The quantitative estimate of drug-likeness (QED) is 0.705. The van der Waals surface area contributed by atoms with E-state index in [1.165, 1.54) is 0 Å². The summed E-state index contributed by atoms with van der Waals surface area (Å²) in [5, 5.41) is 2.84. The molecule has 0 heterocycles. The Balaban J connectivity index is 1.98. The lowest BCUT2D eigenvalue weighted by Gasteiger charge is -2.19. The molecule has 0 aliphatic carbocycles. The average Bonchev–Trinajstić information content (AvgIpc) is 2.60. The van der Waals surface area contributed by atoms with Crippen molar-refractivity contribution in [3.63, 3.8) is 0 Å². The second-order valence-electron chi connectivity index (χ2n) is 5.63. The summed E-state index contributed by atoms with van der Waals surface area (Å²) in [6, 6.07) is 20.0. The molecule has 2 aromatic carbocycles. The molecule has 0 bridgehead atoms. The Morgan fingerprint density at radius 1 is 1.00 bits per heavy atom. The molecule has 0 aliphatic rings. The van der Waals surface area contributed by atoms with Crippen LogP contribution in [0.5, 0.6) is 0 Å². The molecule has 0 fully saturated rings. The van der Waals surface area contributed by atoms with Gasteiger partial charge in [0.05, 0.1) is 0 Å². The summed E-state index contributed by atoms with van der Waals surface area (Å²) in [5.41, 5.74) is 2.17. The molecule has 0 aromatic heterocycles. The number of hydrogen-bond donors (Lipinski definition) is 1. The molecule has 1 amide bonds. The highest BCUT2D eigenvalue weighted by Crippen LogP contribution is 2.22. The molecule has 122 valence electrons. The molecule has 2 aromatic rings. The van der Waals surface area contributed by atoms with E-state index in [1.54, 1.807) is 0 Å². The van der Waals surface area contributed by atoms with Gasteiger partial charge in [-0.1, -0.05) is 80.4 Å². The monoisotopic (exact) mass is 311 g/mol. The number of unbranched alkanes of at least 4 members (excludes halogenated alkanes) is 2. The van der Waals surface area contributed by atoms with Gasteiger partial charge in [-0.3, -0.25) is 0 Å². The van der Waals surface area contributed by atoms with Crippen molar-refractivity contribution in [2.45, 2.75) is 38.7 Å². The van der Waals surface area contributed by atoms with E-state index in [4.69, 9.17) is 4.74 Å². The smallest absolute Gasteiger partial charge is 0.407 e. The van der Waals surface area contributed by atoms with Gasteiger partial charge in [-0.15, -0.1) is 0 Å². The Morgan fingerprint density at radius 2 is 1.65 bits per heavy atom. The first-order valence-corrected chi connectivity index (χ1v) is 8.33. The highest BCUT2D eigenvalue weighted by Gasteiger charge is 2.17. The lowest BCUT2D eigenvalue weighted by molar-refractivity contribution is 0.0974. The maximum Gasteiger partial charge on any atom is 0.407 e. The SMILES string of the molecule is CCCCCNC(=O)OC(Cc1ccccc1)c1ccccc1. The number of benzene rings is 2. The van der Waals surface area contributed by atoms with Crippen LogP contribution >= 0.6 is 0 Å². The summed E-state index contributed by atoms with van der Waals surface area (Å²) in [7, 11) is 0. The molecule has 0 saturated heterocycles. The van der Waals surface area contributed by atoms with Crippen molar-refractivity contribution in [1.29, 1.82) is 0 Å². The average molecular weight is 311 g/mol. The molecule has 0 spiro atoms. The molecular weight excluding hydrogens is 286 g/mol. The summed E-state index contributed by atoms with van der Waals surface area (Å²) in [4.78, 5) is 12.0. The molecule has 0 radical (unpaired) electrons. The first kappa shape index (κ1) is 17.1. The molecule has 3 nitrogen and oxygen atoms in total. The summed E-state index contributed by atoms with van der Waals surface area (Å²) < 4.78 is 5.67. The molecule has 3 heteroatoms. The van der Waals surface area contributed by atoms with E-state index in [0.717, 1.165) is 30.4 Å². The number of ether oxygens (including phenoxy) is 1. The van der Waals surface area contributed by atoms with E-state index in [0.29, 0.717) is 13.0 Å². The van der Waals surface area contributed by atoms with Gasteiger partial charge in [0, 0.05) is 13.0 Å². The Labute approximate surface area is 138 Å². The largest absolute Gasteiger partial charge is 0.441 e. The Kier molecular flexibility index (Phi) is 7.18. The third-order valence-electron chi connectivity index (χ3n) is 3.73. The van der Waals surface area contributed by atoms with Gasteiger partial charge >= 0.3 is 6.09 Å². The minimum absolute atomic E-state index is 0.273. The third kappa shape index (κ3) is 6.15. The minimum Gasteiger partial charge on any atom is -0.441 e. The van der Waals surface area contributed by atoms with Crippen LogP contribution in [0, 0.1) is 0 Å². The van der Waals surface area contributed by atoms with Crippen LogP contribution < -0.4 is 5.32 Å². The van der Waals surface area contributed by atoms with E-state index in [2.05, 4.69) is 24.4 Å². The van der Waals surface area contributed by atoms with Crippen molar-refractivity contribution in [3.05, 3.63) is 71.8 Å². The number of nitrogens with one attached hydrogen (secondary N) is 1. The van der Waals surface area contributed by atoms with Gasteiger partial charge in [0.15, 0.2) is 0 Å². The maximum absolute atomic E-state index is 12.0. The van der Waals surface area contributed by atoms with Crippen molar-refractivity contribution in [2.24, 2.45) is 0 Å². The van der Waals surface area contributed by atoms with Gasteiger partial charge in [0.25, 0.3) is 0 Å². The summed E-state index contributed by atoms with van der Waals surface area (Å²) in [6.45, 7) is 2.81. The third-order valence-corrected chi connectivity index (χ3v) is 3.73. The van der Waals surface area contributed by atoms with Crippen LogP contribution in [0.15, 0.2) is 60.7 Å². The van der Waals surface area contributed by atoms with Crippen LogP contribution in [0.4, 0.5) is 4.79 Å². The highest BCUT2D eigenvalue weighted by molar-refractivity contribution is 5.67. The molecule has 1 N–H and O–H groups in total. The Bertz CT molecular complexity index is 569.